The van der Waals surface area contributed by atoms with Crippen molar-refractivity contribution in [3.05, 3.63) is 35.8 Å². The van der Waals surface area contributed by atoms with Crippen molar-refractivity contribution >= 4 is 5.91 Å². The van der Waals surface area contributed by atoms with Crippen molar-refractivity contribution in [1.29, 1.82) is 0 Å². The van der Waals surface area contributed by atoms with Gasteiger partial charge in [-0.2, -0.15) is 0 Å². The molecule has 1 aliphatic heterocycles. The van der Waals surface area contributed by atoms with Crippen molar-refractivity contribution < 1.29 is 4.79 Å². The van der Waals surface area contributed by atoms with E-state index < -0.39 is 0 Å². The summed E-state index contributed by atoms with van der Waals surface area (Å²) in [6.45, 7) is 26.0. The topological polar surface area (TPSA) is 25.2 Å². The number of aromatic nitrogens is 1. The maximum absolute atomic E-state index is 11.8. The number of hydrogen-bond donors (Lipinski definition) is 0. The largest absolute Gasteiger partial charge is 0.349 e. The minimum absolute atomic E-state index is 0.0932. The molecule has 0 saturated carbocycles. The molecule has 0 bridgehead atoms. The fraction of sp³-hybridized carbons (Fsp3) is 0.708. The molecule has 2 heterocycles. The van der Waals surface area contributed by atoms with E-state index in [0.29, 0.717) is 6.42 Å². The van der Waals surface area contributed by atoms with Crippen LogP contribution >= 0.6 is 0 Å². The van der Waals surface area contributed by atoms with Gasteiger partial charge in [-0.15, -0.1) is 0 Å². The van der Waals surface area contributed by atoms with Crippen LogP contribution in [0.1, 0.15) is 95.1 Å². The molecular formula is C24H42N2O. The Morgan fingerprint density at radius 1 is 0.778 bits per heavy atom. The summed E-state index contributed by atoms with van der Waals surface area (Å²) in [6.07, 6.45) is 7.03. The Hall–Kier alpha value is -1.51. The quantitative estimate of drug-likeness (QED) is 0.509. The summed E-state index contributed by atoms with van der Waals surface area (Å²) >= 11 is 0. The van der Waals surface area contributed by atoms with Crippen LogP contribution in [0.3, 0.4) is 0 Å². The molecule has 0 saturated heterocycles. The average molecular weight is 375 g/mol. The first kappa shape index (κ1) is 23.5. The maximum Gasteiger partial charge on any atom is 0.231 e. The highest BCUT2D eigenvalue weighted by Crippen LogP contribution is 2.35. The summed E-state index contributed by atoms with van der Waals surface area (Å²) in [6, 6.07) is 2.21. The number of carbonyl (C=O) groups is 1. The molecule has 1 aromatic heterocycles. The Bertz CT molecular complexity index is 651. The molecular weight excluding hydrogens is 332 g/mol. The number of hydrogen-bond acceptors (Lipinski definition) is 1. The Labute approximate surface area is 167 Å². The zero-order valence-electron chi connectivity index (χ0n) is 19.8. The van der Waals surface area contributed by atoms with E-state index in [1.54, 1.807) is 0 Å². The van der Waals surface area contributed by atoms with Gasteiger partial charge in [-0.1, -0.05) is 41.5 Å². The van der Waals surface area contributed by atoms with E-state index in [9.17, 15) is 4.79 Å². The van der Waals surface area contributed by atoms with E-state index in [-0.39, 0.29) is 27.8 Å². The Morgan fingerprint density at radius 2 is 1.30 bits per heavy atom. The molecule has 3 nitrogen and oxygen atoms in total. The second kappa shape index (κ2) is 7.48. The fourth-order valence-electron chi connectivity index (χ4n) is 2.81. The first-order valence-electron chi connectivity index (χ1n) is 10.1. The van der Waals surface area contributed by atoms with Crippen molar-refractivity contribution in [3.63, 3.8) is 0 Å². The fourth-order valence-corrected chi connectivity index (χ4v) is 2.81. The molecule has 0 unspecified atom stereocenters. The van der Waals surface area contributed by atoms with Crippen LogP contribution in [-0.4, -0.2) is 20.9 Å². The summed E-state index contributed by atoms with van der Waals surface area (Å²) < 4.78 is 2.27. The molecule has 154 valence electrons. The Kier molecular flexibility index (Phi) is 6.52. The zero-order chi connectivity index (χ0) is 21.4. The number of rotatable bonds is 0. The van der Waals surface area contributed by atoms with Crippen molar-refractivity contribution in [2.24, 2.45) is 5.41 Å². The highest BCUT2D eigenvalue weighted by atomic mass is 16.2. The molecule has 0 spiro atoms. The molecule has 0 fully saturated rings. The first-order chi connectivity index (χ1) is 11.8. The normalized spacial score (nSPS) is 16.2. The average Bonchev–Trinajstić information content (AvgIpc) is 3.01. The van der Waals surface area contributed by atoms with Gasteiger partial charge in [-0.05, 0) is 69.6 Å². The molecule has 27 heavy (non-hydrogen) atoms. The van der Waals surface area contributed by atoms with Crippen LogP contribution in [0.5, 0.6) is 0 Å². The van der Waals surface area contributed by atoms with Crippen LogP contribution in [0.2, 0.25) is 0 Å². The van der Waals surface area contributed by atoms with Gasteiger partial charge in [0.15, 0.2) is 0 Å². The van der Waals surface area contributed by atoms with Crippen LogP contribution in [0.4, 0.5) is 0 Å². The van der Waals surface area contributed by atoms with E-state index in [1.807, 2.05) is 11.1 Å². The molecule has 1 amide bonds. The summed E-state index contributed by atoms with van der Waals surface area (Å²) in [4.78, 5) is 13.6. The van der Waals surface area contributed by atoms with Crippen LogP contribution in [-0.2, 0) is 15.7 Å². The molecule has 1 aliphatic rings. The summed E-state index contributed by atoms with van der Waals surface area (Å²) in [5.74, 6) is 0.224. The standard InChI is InChI=1S/C12H21NO.C12H21N/c1-11(2,3)9-7-10(14)13(8-9)12(4,5)6;1-11(2,3)10-7-8-13(9-10)12(4,5)6/h8H,7H2,1-6H3;7-9H,1-6H3. The number of nitrogens with zero attached hydrogens (tertiary/aromatic N) is 2. The van der Waals surface area contributed by atoms with Gasteiger partial charge in [0.05, 0.1) is 6.42 Å². The van der Waals surface area contributed by atoms with Gasteiger partial charge in [-0.3, -0.25) is 4.79 Å². The van der Waals surface area contributed by atoms with E-state index in [0.717, 1.165) is 0 Å². The van der Waals surface area contributed by atoms with Gasteiger partial charge < -0.3 is 9.47 Å². The molecule has 1 aromatic rings. The lowest BCUT2D eigenvalue weighted by Gasteiger charge is -2.29. The van der Waals surface area contributed by atoms with E-state index in [1.165, 1.54) is 11.1 Å². The number of amides is 1. The third-order valence-corrected chi connectivity index (χ3v) is 4.91. The summed E-state index contributed by atoms with van der Waals surface area (Å²) in [5.41, 5.74) is 3.11. The third-order valence-electron chi connectivity index (χ3n) is 4.91. The van der Waals surface area contributed by atoms with Crippen molar-refractivity contribution in [1.82, 2.24) is 9.47 Å². The zero-order valence-corrected chi connectivity index (χ0v) is 19.8. The van der Waals surface area contributed by atoms with Gasteiger partial charge in [0.1, 0.15) is 0 Å². The van der Waals surface area contributed by atoms with Crippen LogP contribution in [0.25, 0.3) is 0 Å². The van der Waals surface area contributed by atoms with Crippen LogP contribution < -0.4 is 0 Å². The van der Waals surface area contributed by atoms with Gasteiger partial charge >= 0.3 is 0 Å². The lowest BCUT2D eigenvalue weighted by Crippen LogP contribution is -2.39. The predicted octanol–water partition coefficient (Wildman–Crippen LogP) is 6.49. The highest BCUT2D eigenvalue weighted by molar-refractivity contribution is 5.83. The molecule has 0 aromatic carbocycles. The summed E-state index contributed by atoms with van der Waals surface area (Å²) in [5, 5.41) is 0. The number of carbonyl (C=O) groups excluding carboxylic acids is 1. The summed E-state index contributed by atoms with van der Waals surface area (Å²) in [7, 11) is 0. The van der Waals surface area contributed by atoms with Crippen molar-refractivity contribution in [2.75, 3.05) is 0 Å². The SMILES string of the molecule is CC(C)(C)C1=CN(C(C)(C)C)C(=O)C1.CC(C)(C)c1ccn(C(C)(C)C)c1. The Morgan fingerprint density at radius 3 is 1.52 bits per heavy atom. The lowest BCUT2D eigenvalue weighted by atomic mass is 9.86. The van der Waals surface area contributed by atoms with Crippen LogP contribution in [0, 0.1) is 5.41 Å². The third kappa shape index (κ3) is 6.55. The smallest absolute Gasteiger partial charge is 0.231 e. The van der Waals surface area contributed by atoms with Gasteiger partial charge in [-0.25, -0.2) is 0 Å². The minimum atomic E-state index is -0.0932. The maximum atomic E-state index is 11.8. The van der Waals surface area contributed by atoms with Crippen molar-refractivity contribution in [3.8, 4) is 0 Å². The van der Waals surface area contributed by atoms with Gasteiger partial charge in [0.2, 0.25) is 5.91 Å². The molecule has 0 aliphatic carbocycles. The molecule has 0 radical (unpaired) electrons. The second-order valence-electron chi connectivity index (χ2n) is 11.7. The van der Waals surface area contributed by atoms with E-state index >= 15 is 0 Å². The van der Waals surface area contributed by atoms with Gasteiger partial charge in [0, 0.05) is 29.7 Å². The lowest BCUT2D eigenvalue weighted by molar-refractivity contribution is -0.130. The van der Waals surface area contributed by atoms with Gasteiger partial charge in [0.25, 0.3) is 0 Å². The van der Waals surface area contributed by atoms with Crippen molar-refractivity contribution in [2.45, 2.75) is 106 Å². The van der Waals surface area contributed by atoms with E-state index in [4.69, 9.17) is 0 Å². The molecule has 3 heteroatoms. The molecule has 0 N–H and O–H groups in total. The monoisotopic (exact) mass is 374 g/mol. The predicted molar refractivity (Wildman–Crippen MR) is 117 cm³/mol. The first-order valence-corrected chi connectivity index (χ1v) is 10.1. The van der Waals surface area contributed by atoms with E-state index in [2.05, 4.69) is 106 Å². The highest BCUT2D eigenvalue weighted by Gasteiger charge is 2.34. The molecule has 0 atom stereocenters. The Balaban J connectivity index is 0.000000271. The van der Waals surface area contributed by atoms with Crippen LogP contribution in [0.15, 0.2) is 30.2 Å². The second-order valence-corrected chi connectivity index (χ2v) is 11.7. The minimum Gasteiger partial charge on any atom is -0.349 e. The molecule has 2 rings (SSSR count).